The van der Waals surface area contributed by atoms with Crippen LogP contribution in [0.25, 0.3) is 10.8 Å². The molecule has 0 N–H and O–H groups in total. The quantitative estimate of drug-likeness (QED) is 0.493. The number of fused-ring (bicyclic) bond motifs is 1. The molecule has 0 amide bonds. The van der Waals surface area contributed by atoms with Crippen LogP contribution in [0.4, 0.5) is 17.6 Å². The summed E-state index contributed by atoms with van der Waals surface area (Å²) in [5, 5.41) is 1.43. The van der Waals surface area contributed by atoms with Crippen molar-refractivity contribution in [3.05, 3.63) is 42.5 Å². The van der Waals surface area contributed by atoms with Crippen LogP contribution in [-0.4, -0.2) is 25.1 Å². The standard InChI is InChI=1S/C14H10F4O3/c1-20-13(15,14(16,17)18)12(19)21-11-7-6-9-4-2-3-5-10(9)8-11/h2-8H,1H3/t13-/m1/s1. The normalized spacial score (nSPS) is 14.7. The van der Waals surface area contributed by atoms with Crippen molar-refractivity contribution in [3.8, 4) is 5.75 Å². The number of rotatable bonds is 3. The number of ether oxygens (including phenoxy) is 2. The molecule has 0 fully saturated rings. The Labute approximate surface area is 117 Å². The number of benzene rings is 2. The zero-order valence-corrected chi connectivity index (χ0v) is 10.8. The van der Waals surface area contributed by atoms with Crippen LogP contribution in [0, 0.1) is 0 Å². The second kappa shape index (κ2) is 5.33. The Morgan fingerprint density at radius 2 is 1.62 bits per heavy atom. The minimum absolute atomic E-state index is 0.206. The van der Waals surface area contributed by atoms with Crippen molar-refractivity contribution in [2.75, 3.05) is 7.11 Å². The molecular weight excluding hydrogens is 292 g/mol. The fourth-order valence-corrected chi connectivity index (χ4v) is 1.72. The smallest absolute Gasteiger partial charge is 0.422 e. The summed E-state index contributed by atoms with van der Waals surface area (Å²) in [7, 11) is 0.440. The summed E-state index contributed by atoms with van der Waals surface area (Å²) in [5.74, 6) is -6.88. The number of hydrogen-bond donors (Lipinski definition) is 0. The molecule has 0 radical (unpaired) electrons. The van der Waals surface area contributed by atoms with Gasteiger partial charge in [-0.1, -0.05) is 30.3 Å². The monoisotopic (exact) mass is 302 g/mol. The van der Waals surface area contributed by atoms with Crippen molar-refractivity contribution in [1.29, 1.82) is 0 Å². The molecule has 7 heteroatoms. The molecule has 2 aromatic carbocycles. The fourth-order valence-electron chi connectivity index (χ4n) is 1.72. The van der Waals surface area contributed by atoms with Gasteiger partial charge in [-0.3, -0.25) is 0 Å². The van der Waals surface area contributed by atoms with Gasteiger partial charge in [0, 0.05) is 7.11 Å². The van der Waals surface area contributed by atoms with Crippen LogP contribution in [0.1, 0.15) is 0 Å². The Hall–Kier alpha value is -2.15. The predicted octanol–water partition coefficient (Wildman–Crippen LogP) is 3.62. The van der Waals surface area contributed by atoms with Crippen LogP contribution in [0.3, 0.4) is 0 Å². The molecule has 0 saturated heterocycles. The van der Waals surface area contributed by atoms with E-state index in [0.29, 0.717) is 12.5 Å². The van der Waals surface area contributed by atoms with Gasteiger partial charge >= 0.3 is 18.0 Å². The number of hydrogen-bond acceptors (Lipinski definition) is 3. The molecule has 3 nitrogen and oxygen atoms in total. The van der Waals surface area contributed by atoms with Crippen LogP contribution in [0.5, 0.6) is 5.75 Å². The number of alkyl halides is 4. The van der Waals surface area contributed by atoms with Crippen LogP contribution >= 0.6 is 0 Å². The molecule has 0 heterocycles. The van der Waals surface area contributed by atoms with Gasteiger partial charge in [0.15, 0.2) is 0 Å². The first-order chi connectivity index (χ1) is 9.78. The van der Waals surface area contributed by atoms with Crippen LogP contribution in [0.2, 0.25) is 0 Å². The first-order valence-electron chi connectivity index (χ1n) is 5.80. The zero-order valence-electron chi connectivity index (χ0n) is 10.8. The molecule has 2 rings (SSSR count). The summed E-state index contributed by atoms with van der Waals surface area (Å²) in [6.07, 6.45) is -5.53. The molecule has 0 aliphatic heterocycles. The SMILES string of the molecule is CO[C@](F)(C(=O)Oc1ccc2ccccc2c1)C(F)(F)F. The summed E-state index contributed by atoms with van der Waals surface area (Å²) in [5.41, 5.74) is 0. The first kappa shape index (κ1) is 15.2. The van der Waals surface area contributed by atoms with Gasteiger partial charge in [-0.25, -0.2) is 4.79 Å². The lowest BCUT2D eigenvalue weighted by atomic mass is 10.1. The van der Waals surface area contributed by atoms with E-state index in [1.807, 2.05) is 0 Å². The van der Waals surface area contributed by atoms with E-state index in [1.165, 1.54) is 18.2 Å². The summed E-state index contributed by atoms with van der Waals surface area (Å²) in [6.45, 7) is 0. The number of carbonyl (C=O) groups is 1. The third kappa shape index (κ3) is 2.82. The van der Waals surface area contributed by atoms with Crippen molar-refractivity contribution < 1.29 is 31.8 Å². The molecule has 2 aromatic rings. The van der Waals surface area contributed by atoms with Crippen LogP contribution in [0.15, 0.2) is 42.5 Å². The maximum Gasteiger partial charge on any atom is 0.460 e. The van der Waals surface area contributed by atoms with E-state index in [9.17, 15) is 22.4 Å². The van der Waals surface area contributed by atoms with Gasteiger partial charge < -0.3 is 9.47 Å². The number of halogens is 4. The summed E-state index contributed by atoms with van der Waals surface area (Å²) >= 11 is 0. The number of carbonyl (C=O) groups excluding carboxylic acids is 1. The third-order valence-corrected chi connectivity index (χ3v) is 2.84. The largest absolute Gasteiger partial charge is 0.460 e. The summed E-state index contributed by atoms with van der Waals surface area (Å²) in [4.78, 5) is 11.4. The Morgan fingerprint density at radius 3 is 2.19 bits per heavy atom. The average Bonchev–Trinajstić information content (AvgIpc) is 2.44. The van der Waals surface area contributed by atoms with Crippen LogP contribution < -0.4 is 4.74 Å². The average molecular weight is 302 g/mol. The Morgan fingerprint density at radius 1 is 1.00 bits per heavy atom. The Bertz CT molecular complexity index is 669. The van der Waals surface area contributed by atoms with E-state index >= 15 is 0 Å². The molecule has 0 aliphatic carbocycles. The first-order valence-corrected chi connectivity index (χ1v) is 5.80. The van der Waals surface area contributed by atoms with Gasteiger partial charge in [-0.2, -0.15) is 17.6 Å². The van der Waals surface area contributed by atoms with E-state index in [1.54, 1.807) is 24.3 Å². The van der Waals surface area contributed by atoms with Crippen molar-refractivity contribution in [3.63, 3.8) is 0 Å². The minimum atomic E-state index is -5.53. The van der Waals surface area contributed by atoms with Gasteiger partial charge in [-0.05, 0) is 22.9 Å². The Balaban J connectivity index is 2.29. The molecule has 0 saturated carbocycles. The van der Waals surface area contributed by atoms with Gasteiger partial charge in [0.1, 0.15) is 5.75 Å². The molecule has 1 atom stereocenters. The van der Waals surface area contributed by atoms with Crippen molar-refractivity contribution in [2.45, 2.75) is 12.0 Å². The highest BCUT2D eigenvalue weighted by molar-refractivity contribution is 5.86. The van der Waals surface area contributed by atoms with Gasteiger partial charge in [-0.15, -0.1) is 0 Å². The molecule has 0 spiro atoms. The van der Waals surface area contributed by atoms with Crippen LogP contribution in [-0.2, 0) is 9.53 Å². The Kier molecular flexibility index (Phi) is 3.87. The van der Waals surface area contributed by atoms with Crippen molar-refractivity contribution in [2.24, 2.45) is 0 Å². The predicted molar refractivity (Wildman–Crippen MR) is 66.5 cm³/mol. The van der Waals surface area contributed by atoms with E-state index in [2.05, 4.69) is 9.47 Å². The lowest BCUT2D eigenvalue weighted by molar-refractivity contribution is -0.313. The van der Waals surface area contributed by atoms with E-state index in [0.717, 1.165) is 5.39 Å². The second-order valence-electron chi connectivity index (χ2n) is 4.20. The molecule has 0 unspecified atom stereocenters. The van der Waals surface area contributed by atoms with Crippen molar-refractivity contribution >= 4 is 16.7 Å². The molecule has 21 heavy (non-hydrogen) atoms. The summed E-state index contributed by atoms with van der Waals surface area (Å²) < 4.78 is 59.2. The highest BCUT2D eigenvalue weighted by Gasteiger charge is 2.64. The maximum atomic E-state index is 13.6. The molecule has 0 aromatic heterocycles. The molecule has 0 aliphatic rings. The van der Waals surface area contributed by atoms with E-state index in [4.69, 9.17) is 0 Å². The highest BCUT2D eigenvalue weighted by Crippen LogP contribution is 2.36. The molecular formula is C14H10F4O3. The zero-order chi connectivity index (χ0) is 15.7. The second-order valence-corrected chi connectivity index (χ2v) is 4.20. The van der Waals surface area contributed by atoms with E-state index in [-0.39, 0.29) is 5.75 Å². The number of esters is 1. The highest BCUT2D eigenvalue weighted by atomic mass is 19.4. The lowest BCUT2D eigenvalue weighted by Gasteiger charge is -2.23. The van der Waals surface area contributed by atoms with Gasteiger partial charge in [0.2, 0.25) is 0 Å². The molecule has 112 valence electrons. The fraction of sp³-hybridized carbons (Fsp3) is 0.214. The third-order valence-electron chi connectivity index (χ3n) is 2.84. The number of methoxy groups -OCH3 is 1. The van der Waals surface area contributed by atoms with Gasteiger partial charge in [0.05, 0.1) is 0 Å². The van der Waals surface area contributed by atoms with E-state index < -0.39 is 18.0 Å². The molecule has 0 bridgehead atoms. The minimum Gasteiger partial charge on any atom is -0.422 e. The topological polar surface area (TPSA) is 35.5 Å². The maximum absolute atomic E-state index is 13.6. The van der Waals surface area contributed by atoms with Gasteiger partial charge in [0.25, 0.3) is 0 Å². The summed E-state index contributed by atoms with van der Waals surface area (Å²) in [6, 6.07) is 11.1. The lowest BCUT2D eigenvalue weighted by Crippen LogP contribution is -2.51. The van der Waals surface area contributed by atoms with Crippen molar-refractivity contribution in [1.82, 2.24) is 0 Å².